The molecule has 156 valence electrons. The van der Waals surface area contributed by atoms with E-state index in [9.17, 15) is 0 Å². The molecular weight excluding hydrogens is 362 g/mol. The van der Waals surface area contributed by atoms with Gasteiger partial charge in [-0.1, -0.05) is 31.0 Å². The highest BCUT2D eigenvalue weighted by atomic mass is 16.5. The van der Waals surface area contributed by atoms with Crippen molar-refractivity contribution >= 4 is 5.96 Å². The Hall–Kier alpha value is -2.50. The first kappa shape index (κ1) is 19.8. The second-order valence-corrected chi connectivity index (χ2v) is 8.01. The predicted octanol–water partition coefficient (Wildman–Crippen LogP) is 4.01. The lowest BCUT2D eigenvalue weighted by Crippen LogP contribution is -2.47. The van der Waals surface area contributed by atoms with Crippen LogP contribution in [0.15, 0.2) is 47.6 Å². The van der Waals surface area contributed by atoms with Gasteiger partial charge in [0.1, 0.15) is 11.9 Å². The Morgan fingerprint density at radius 3 is 2.59 bits per heavy atom. The molecule has 1 aliphatic carbocycles. The summed E-state index contributed by atoms with van der Waals surface area (Å²) in [7, 11) is 0. The van der Waals surface area contributed by atoms with Gasteiger partial charge in [0.25, 0.3) is 0 Å². The molecule has 1 saturated carbocycles. The van der Waals surface area contributed by atoms with E-state index in [0.29, 0.717) is 12.6 Å². The number of rotatable bonds is 6. The molecule has 0 atom stereocenters. The summed E-state index contributed by atoms with van der Waals surface area (Å²) in [5, 5.41) is 8.22. The maximum Gasteiger partial charge on any atom is 0.194 e. The number of aliphatic imine (C=N–C) groups is 1. The minimum Gasteiger partial charge on any atom is -0.490 e. The quantitative estimate of drug-likeness (QED) is 0.593. The summed E-state index contributed by atoms with van der Waals surface area (Å²) >= 11 is 0. The van der Waals surface area contributed by atoms with Crippen LogP contribution in [0, 0.1) is 0 Å². The summed E-state index contributed by atoms with van der Waals surface area (Å²) in [6.45, 7) is 5.54. The molecule has 2 heterocycles. The highest BCUT2D eigenvalue weighted by Gasteiger charge is 2.23. The van der Waals surface area contributed by atoms with Crippen molar-refractivity contribution in [2.24, 2.45) is 4.99 Å². The minimum atomic E-state index is 0.277. The van der Waals surface area contributed by atoms with Crippen LogP contribution in [0.1, 0.15) is 57.2 Å². The number of ether oxygens (including phenoxy) is 1. The van der Waals surface area contributed by atoms with E-state index in [1.807, 2.05) is 30.3 Å². The van der Waals surface area contributed by atoms with Gasteiger partial charge in [-0.3, -0.25) is 4.68 Å². The maximum atomic E-state index is 6.12. The van der Waals surface area contributed by atoms with Gasteiger partial charge in [-0.05, 0) is 38.0 Å². The molecule has 0 bridgehead atoms. The lowest BCUT2D eigenvalue weighted by atomic mass is 10.1. The maximum absolute atomic E-state index is 6.12. The highest BCUT2D eigenvalue weighted by molar-refractivity contribution is 5.80. The van der Waals surface area contributed by atoms with Gasteiger partial charge in [0.15, 0.2) is 5.96 Å². The number of piperidine rings is 1. The Balaban J connectivity index is 1.31. The van der Waals surface area contributed by atoms with Crippen molar-refractivity contribution in [3.8, 4) is 5.75 Å². The predicted molar refractivity (Wildman–Crippen MR) is 116 cm³/mol. The van der Waals surface area contributed by atoms with Crippen molar-refractivity contribution in [3.63, 3.8) is 0 Å². The standard InChI is InChI=1S/C23H33N5O/c1-2-24-23(25-18-19-12-17-28(26-19)20-8-6-7-9-20)27-15-13-22(14-16-27)29-21-10-4-3-5-11-21/h3-5,10-12,17,20,22H,2,6-9,13-16,18H2,1H3,(H,24,25). The van der Waals surface area contributed by atoms with Gasteiger partial charge in [0, 0.05) is 38.7 Å². The summed E-state index contributed by atoms with van der Waals surface area (Å²) in [5.74, 6) is 1.95. The number of hydrogen-bond acceptors (Lipinski definition) is 3. The van der Waals surface area contributed by atoms with E-state index in [2.05, 4.69) is 34.1 Å². The van der Waals surface area contributed by atoms with Crippen LogP contribution >= 0.6 is 0 Å². The zero-order chi connectivity index (χ0) is 19.9. The molecule has 0 amide bonds. The number of para-hydroxylation sites is 1. The zero-order valence-corrected chi connectivity index (χ0v) is 17.5. The first-order valence-electron chi connectivity index (χ1n) is 11.1. The summed E-state index contributed by atoms with van der Waals surface area (Å²) in [6, 6.07) is 12.8. The SMILES string of the molecule is CCNC(=NCc1ccn(C2CCCC2)n1)N1CCC(Oc2ccccc2)CC1. The third kappa shape index (κ3) is 5.31. The van der Waals surface area contributed by atoms with E-state index < -0.39 is 0 Å². The molecular formula is C23H33N5O. The number of aromatic nitrogens is 2. The molecule has 1 N–H and O–H groups in total. The fourth-order valence-electron chi connectivity index (χ4n) is 4.29. The lowest BCUT2D eigenvalue weighted by molar-refractivity contribution is 0.129. The monoisotopic (exact) mass is 395 g/mol. The summed E-state index contributed by atoms with van der Waals surface area (Å²) < 4.78 is 8.27. The second kappa shape index (κ2) is 9.81. The average molecular weight is 396 g/mol. The molecule has 0 radical (unpaired) electrons. The molecule has 2 aromatic rings. The number of benzene rings is 1. The number of nitrogens with zero attached hydrogens (tertiary/aromatic N) is 4. The van der Waals surface area contributed by atoms with Crippen LogP contribution in [0.5, 0.6) is 5.75 Å². The van der Waals surface area contributed by atoms with E-state index in [0.717, 1.165) is 49.9 Å². The topological polar surface area (TPSA) is 54.7 Å². The summed E-state index contributed by atoms with van der Waals surface area (Å²) in [5.41, 5.74) is 1.05. The van der Waals surface area contributed by atoms with E-state index >= 15 is 0 Å². The van der Waals surface area contributed by atoms with Gasteiger partial charge in [-0.15, -0.1) is 0 Å². The Bertz CT molecular complexity index is 774. The third-order valence-electron chi connectivity index (χ3n) is 5.88. The van der Waals surface area contributed by atoms with Crippen LogP contribution in [-0.4, -0.2) is 46.4 Å². The summed E-state index contributed by atoms with van der Waals surface area (Å²) in [4.78, 5) is 7.22. The lowest BCUT2D eigenvalue weighted by Gasteiger charge is -2.34. The van der Waals surface area contributed by atoms with Crippen molar-refractivity contribution in [1.29, 1.82) is 0 Å². The molecule has 29 heavy (non-hydrogen) atoms. The van der Waals surface area contributed by atoms with Gasteiger partial charge >= 0.3 is 0 Å². The molecule has 1 aliphatic heterocycles. The molecule has 0 unspecified atom stereocenters. The average Bonchev–Trinajstić information content (AvgIpc) is 3.44. The van der Waals surface area contributed by atoms with Gasteiger partial charge in [0.2, 0.25) is 0 Å². The molecule has 1 saturated heterocycles. The number of likely N-dealkylation sites (tertiary alicyclic amines) is 1. The van der Waals surface area contributed by atoms with Gasteiger partial charge < -0.3 is 15.0 Å². The Kier molecular flexibility index (Phi) is 6.70. The Labute approximate surface area is 174 Å². The van der Waals surface area contributed by atoms with Gasteiger partial charge in [-0.25, -0.2) is 4.99 Å². The second-order valence-electron chi connectivity index (χ2n) is 8.01. The van der Waals surface area contributed by atoms with Crippen LogP contribution < -0.4 is 10.1 Å². The van der Waals surface area contributed by atoms with E-state index in [-0.39, 0.29) is 6.10 Å². The van der Waals surface area contributed by atoms with E-state index in [1.165, 1.54) is 25.7 Å². The van der Waals surface area contributed by atoms with Crippen LogP contribution in [-0.2, 0) is 6.54 Å². The van der Waals surface area contributed by atoms with Gasteiger partial charge in [0.05, 0.1) is 18.3 Å². The van der Waals surface area contributed by atoms with Crippen LogP contribution in [0.4, 0.5) is 0 Å². The smallest absolute Gasteiger partial charge is 0.194 e. The first-order chi connectivity index (χ1) is 14.3. The highest BCUT2D eigenvalue weighted by Crippen LogP contribution is 2.28. The Morgan fingerprint density at radius 2 is 1.86 bits per heavy atom. The Morgan fingerprint density at radius 1 is 1.10 bits per heavy atom. The molecule has 1 aromatic carbocycles. The molecule has 2 aliphatic rings. The van der Waals surface area contributed by atoms with Crippen molar-refractivity contribution in [2.75, 3.05) is 19.6 Å². The van der Waals surface area contributed by atoms with Crippen molar-refractivity contribution < 1.29 is 4.74 Å². The molecule has 6 heteroatoms. The minimum absolute atomic E-state index is 0.277. The largest absolute Gasteiger partial charge is 0.490 e. The summed E-state index contributed by atoms with van der Waals surface area (Å²) in [6.07, 6.45) is 9.59. The molecule has 0 spiro atoms. The van der Waals surface area contributed by atoms with Crippen molar-refractivity contribution in [3.05, 3.63) is 48.3 Å². The molecule has 2 fully saturated rings. The van der Waals surface area contributed by atoms with Gasteiger partial charge in [-0.2, -0.15) is 5.10 Å². The first-order valence-corrected chi connectivity index (χ1v) is 11.1. The number of nitrogens with one attached hydrogen (secondary N) is 1. The van der Waals surface area contributed by atoms with Crippen LogP contribution in [0.2, 0.25) is 0 Å². The van der Waals surface area contributed by atoms with Crippen molar-refractivity contribution in [1.82, 2.24) is 20.0 Å². The van der Waals surface area contributed by atoms with Crippen molar-refractivity contribution in [2.45, 2.75) is 64.1 Å². The fraction of sp³-hybridized carbons (Fsp3) is 0.565. The third-order valence-corrected chi connectivity index (χ3v) is 5.88. The van der Waals surface area contributed by atoms with Crippen LogP contribution in [0.3, 0.4) is 0 Å². The fourth-order valence-corrected chi connectivity index (χ4v) is 4.29. The number of guanidine groups is 1. The normalized spacial score (nSPS) is 18.9. The zero-order valence-electron chi connectivity index (χ0n) is 17.5. The van der Waals surface area contributed by atoms with Crippen LogP contribution in [0.25, 0.3) is 0 Å². The molecule has 1 aromatic heterocycles. The van der Waals surface area contributed by atoms with E-state index in [1.54, 1.807) is 0 Å². The van der Waals surface area contributed by atoms with E-state index in [4.69, 9.17) is 14.8 Å². The molecule has 4 rings (SSSR count). The molecule has 6 nitrogen and oxygen atoms in total. The number of hydrogen-bond donors (Lipinski definition) is 1.